The highest BCUT2D eigenvalue weighted by Gasteiger charge is 2.50. The summed E-state index contributed by atoms with van der Waals surface area (Å²) in [5, 5.41) is 21.6. The van der Waals surface area contributed by atoms with Gasteiger partial charge in [-0.2, -0.15) is 0 Å². The third-order valence-corrected chi connectivity index (χ3v) is 9.46. The summed E-state index contributed by atoms with van der Waals surface area (Å²) in [7, 11) is -1.27. The lowest BCUT2D eigenvalue weighted by Gasteiger charge is -2.50. The molecule has 0 radical (unpaired) electrons. The van der Waals surface area contributed by atoms with Gasteiger partial charge in [-0.05, 0) is 44.2 Å². The Bertz CT molecular complexity index is 832. The Balaban J connectivity index is 0.000000380. The molecule has 3 rings (SSSR count). The standard InChI is InChI=1S/C16H20N2O2S.C4H6O2/c1-4-13-7-5-6-10-21(13)16(2,3)14-9-8-12(18(19)20)11-15(14)17-21;1-3(2)4(5)6/h5-11,13,17H,4H2,1-3H3;1H2,2H3,(H,5,6). The molecular formula is C20H26N2O4S. The summed E-state index contributed by atoms with van der Waals surface area (Å²) in [6, 6.07) is 5.21. The summed E-state index contributed by atoms with van der Waals surface area (Å²) in [6.07, 6.45) is 7.54. The highest BCUT2D eigenvalue weighted by molar-refractivity contribution is 8.38. The van der Waals surface area contributed by atoms with Gasteiger partial charge < -0.3 is 9.83 Å². The molecule has 0 saturated heterocycles. The van der Waals surface area contributed by atoms with E-state index in [9.17, 15) is 14.9 Å². The van der Waals surface area contributed by atoms with E-state index >= 15 is 0 Å². The first kappa shape index (κ1) is 20.8. The minimum atomic E-state index is -1.27. The van der Waals surface area contributed by atoms with Crippen molar-refractivity contribution in [1.29, 1.82) is 0 Å². The first-order valence-electron chi connectivity index (χ1n) is 8.69. The van der Waals surface area contributed by atoms with Crippen LogP contribution in [0.5, 0.6) is 0 Å². The Morgan fingerprint density at radius 1 is 1.41 bits per heavy atom. The van der Waals surface area contributed by atoms with E-state index in [4.69, 9.17) is 5.11 Å². The Morgan fingerprint density at radius 2 is 2.04 bits per heavy atom. The fourth-order valence-electron chi connectivity index (χ4n) is 3.39. The minimum absolute atomic E-state index is 0.0423. The highest BCUT2D eigenvalue weighted by Crippen LogP contribution is 2.74. The average Bonchev–Trinajstić information content (AvgIpc) is 2.83. The van der Waals surface area contributed by atoms with E-state index in [0.29, 0.717) is 5.25 Å². The normalized spacial score (nSPS) is 26.1. The number of anilines is 1. The van der Waals surface area contributed by atoms with E-state index in [2.05, 4.69) is 55.7 Å². The molecule has 0 bridgehead atoms. The van der Waals surface area contributed by atoms with Gasteiger partial charge in [-0.3, -0.25) is 10.1 Å². The molecule has 2 atom stereocenters. The number of nitro groups is 1. The predicted octanol–water partition coefficient (Wildman–Crippen LogP) is 5.48. The summed E-state index contributed by atoms with van der Waals surface area (Å²) in [4.78, 5) is 20.3. The summed E-state index contributed by atoms with van der Waals surface area (Å²) in [6.45, 7) is 11.3. The molecule has 6 nitrogen and oxygen atoms in total. The fraction of sp³-hybridized carbons (Fsp3) is 0.350. The molecule has 27 heavy (non-hydrogen) atoms. The number of carboxylic acid groups (broad SMARTS) is 1. The van der Waals surface area contributed by atoms with Gasteiger partial charge in [0.05, 0.1) is 10.6 Å². The van der Waals surface area contributed by atoms with Gasteiger partial charge in [0.2, 0.25) is 0 Å². The zero-order chi connectivity index (χ0) is 20.4. The van der Waals surface area contributed by atoms with E-state index in [1.807, 2.05) is 6.07 Å². The van der Waals surface area contributed by atoms with Gasteiger partial charge in [0.1, 0.15) is 0 Å². The molecule has 2 N–H and O–H groups in total. The quantitative estimate of drug-likeness (QED) is 0.405. The van der Waals surface area contributed by atoms with Gasteiger partial charge in [-0.1, -0.05) is 31.7 Å². The van der Waals surface area contributed by atoms with Crippen molar-refractivity contribution in [2.75, 3.05) is 4.72 Å². The van der Waals surface area contributed by atoms with Crippen LogP contribution in [0.3, 0.4) is 0 Å². The van der Waals surface area contributed by atoms with E-state index in [1.165, 1.54) is 12.5 Å². The zero-order valence-electron chi connectivity index (χ0n) is 16.1. The van der Waals surface area contributed by atoms with Crippen molar-refractivity contribution in [3.8, 4) is 0 Å². The molecule has 1 aromatic rings. The topological polar surface area (TPSA) is 92.5 Å². The number of nitrogens with zero attached hydrogens (tertiary/aromatic N) is 1. The summed E-state index contributed by atoms with van der Waals surface area (Å²) in [5.41, 5.74) is 2.43. The number of nitrogens with one attached hydrogen (secondary N) is 1. The number of non-ortho nitro benzene ring substituents is 1. The molecule has 0 aromatic heterocycles. The minimum Gasteiger partial charge on any atom is -0.478 e. The molecule has 2 aliphatic heterocycles. The van der Waals surface area contributed by atoms with Crippen molar-refractivity contribution in [3.05, 3.63) is 69.7 Å². The summed E-state index contributed by atoms with van der Waals surface area (Å²) < 4.78 is 3.63. The lowest BCUT2D eigenvalue weighted by molar-refractivity contribution is -0.384. The highest BCUT2D eigenvalue weighted by atomic mass is 32.3. The zero-order valence-corrected chi connectivity index (χ0v) is 16.9. The van der Waals surface area contributed by atoms with Crippen LogP contribution in [-0.2, 0) is 9.54 Å². The van der Waals surface area contributed by atoms with Crippen LogP contribution in [0.2, 0.25) is 0 Å². The second-order valence-corrected chi connectivity index (χ2v) is 10.6. The molecule has 1 aromatic carbocycles. The van der Waals surface area contributed by atoms with Crippen molar-refractivity contribution in [2.45, 2.75) is 44.1 Å². The number of fused-ring (bicyclic) bond motifs is 1. The van der Waals surface area contributed by atoms with Crippen LogP contribution < -0.4 is 4.72 Å². The molecule has 0 saturated carbocycles. The number of rotatable bonds is 3. The molecule has 146 valence electrons. The lowest BCUT2D eigenvalue weighted by Crippen LogP contribution is -2.32. The smallest absolute Gasteiger partial charge is 0.330 e. The largest absolute Gasteiger partial charge is 0.478 e. The third kappa shape index (κ3) is 3.64. The predicted molar refractivity (Wildman–Crippen MR) is 112 cm³/mol. The maximum Gasteiger partial charge on any atom is 0.330 e. The van der Waals surface area contributed by atoms with Crippen molar-refractivity contribution >= 4 is 27.6 Å². The monoisotopic (exact) mass is 390 g/mol. The molecule has 0 amide bonds. The average molecular weight is 391 g/mol. The fourth-order valence-corrected chi connectivity index (χ4v) is 7.44. The Morgan fingerprint density at radius 3 is 2.56 bits per heavy atom. The van der Waals surface area contributed by atoms with E-state index < -0.39 is 16.2 Å². The number of benzene rings is 1. The van der Waals surface area contributed by atoms with Crippen LogP contribution in [0.1, 0.15) is 39.7 Å². The molecule has 2 aliphatic rings. The first-order chi connectivity index (χ1) is 12.6. The number of carboxylic acids is 1. The van der Waals surface area contributed by atoms with E-state index in [-0.39, 0.29) is 20.9 Å². The molecule has 0 fully saturated rings. The Kier molecular flexibility index (Phi) is 5.85. The van der Waals surface area contributed by atoms with Crippen LogP contribution in [0.25, 0.3) is 0 Å². The van der Waals surface area contributed by atoms with Gasteiger partial charge >= 0.3 is 5.97 Å². The number of nitro benzene ring substituents is 1. The van der Waals surface area contributed by atoms with Gasteiger partial charge in [0.25, 0.3) is 5.69 Å². The van der Waals surface area contributed by atoms with E-state index in [0.717, 1.165) is 12.1 Å². The molecule has 7 heteroatoms. The second kappa shape index (κ2) is 7.60. The maximum absolute atomic E-state index is 11.0. The summed E-state index contributed by atoms with van der Waals surface area (Å²) in [5.74, 6) is -0.935. The maximum atomic E-state index is 11.0. The van der Waals surface area contributed by atoms with Crippen molar-refractivity contribution in [3.63, 3.8) is 0 Å². The van der Waals surface area contributed by atoms with Crippen LogP contribution in [-0.4, -0.2) is 21.2 Å². The van der Waals surface area contributed by atoms with Gasteiger partial charge in [-0.25, -0.2) is 4.79 Å². The number of hydrogen-bond acceptors (Lipinski definition) is 4. The van der Waals surface area contributed by atoms with Crippen LogP contribution in [0, 0.1) is 10.1 Å². The third-order valence-electron chi connectivity index (χ3n) is 4.96. The number of hydrogen-bond donors (Lipinski definition) is 2. The van der Waals surface area contributed by atoms with Crippen molar-refractivity contribution in [1.82, 2.24) is 0 Å². The number of allylic oxidation sites excluding steroid dienone is 2. The first-order valence-corrected chi connectivity index (χ1v) is 10.4. The van der Waals surface area contributed by atoms with Gasteiger partial charge in [0, 0.05) is 27.7 Å². The molecule has 2 unspecified atom stereocenters. The lowest BCUT2D eigenvalue weighted by atomic mass is 10.0. The Hall–Kier alpha value is -2.54. The van der Waals surface area contributed by atoms with Crippen molar-refractivity contribution in [2.24, 2.45) is 0 Å². The summed E-state index contributed by atoms with van der Waals surface area (Å²) >= 11 is 0. The van der Waals surface area contributed by atoms with Crippen LogP contribution in [0.15, 0.2) is 54.0 Å². The second-order valence-electron chi connectivity index (χ2n) is 7.05. The molecule has 1 spiro atoms. The van der Waals surface area contributed by atoms with Crippen LogP contribution >= 0.6 is 10.2 Å². The van der Waals surface area contributed by atoms with Gasteiger partial charge in [-0.15, -0.1) is 10.2 Å². The Labute approximate surface area is 161 Å². The molecular weight excluding hydrogens is 364 g/mol. The number of aliphatic carboxylic acids is 1. The van der Waals surface area contributed by atoms with Gasteiger partial charge in [0.15, 0.2) is 0 Å². The molecule has 0 aliphatic carbocycles. The SMILES string of the molecule is C=C(C)C(=O)O.CCC1C=CC=CS12Nc1cc([N+](=O)[O-])ccc1C2(C)C. The van der Waals surface area contributed by atoms with Crippen molar-refractivity contribution < 1.29 is 14.8 Å². The number of carbonyl (C=O) groups is 1. The molecule has 2 heterocycles. The van der Waals surface area contributed by atoms with Crippen LogP contribution in [0.4, 0.5) is 11.4 Å². The van der Waals surface area contributed by atoms with E-state index in [1.54, 1.807) is 12.1 Å².